The molecule has 1 aromatic carbocycles. The first-order valence-electron chi connectivity index (χ1n) is 5.98. The van der Waals surface area contributed by atoms with Crippen molar-refractivity contribution >= 4 is 21.6 Å². The number of sulfonamides is 1. The number of hydrogen-bond donors (Lipinski definition) is 1. The average molecular weight is 315 g/mol. The van der Waals surface area contributed by atoms with Crippen molar-refractivity contribution in [3.63, 3.8) is 0 Å². The normalized spacial score (nSPS) is 11.8. The quantitative estimate of drug-likeness (QED) is 0.895. The van der Waals surface area contributed by atoms with Crippen molar-refractivity contribution in [3.05, 3.63) is 46.2 Å². The van der Waals surface area contributed by atoms with Gasteiger partial charge in [-0.2, -0.15) is 0 Å². The predicted molar refractivity (Wildman–Crippen MR) is 77.0 cm³/mol. The van der Waals surface area contributed by atoms with E-state index in [0.29, 0.717) is 12.2 Å². The molecule has 0 amide bonds. The topological polar surface area (TPSA) is 90.9 Å². The number of hydrogen-bond acceptors (Lipinski definition) is 4. The van der Waals surface area contributed by atoms with Crippen LogP contribution in [-0.4, -0.2) is 29.2 Å². The number of nitrogens with zero attached hydrogens (tertiary/aromatic N) is 3. The molecule has 108 valence electrons. The average Bonchev–Trinajstić information content (AvgIpc) is 2.78. The van der Waals surface area contributed by atoms with Gasteiger partial charge < -0.3 is 0 Å². The zero-order valence-electron chi connectivity index (χ0n) is 11.0. The Hall–Kier alpha value is -1.44. The summed E-state index contributed by atoms with van der Waals surface area (Å²) in [5.74, 6) is -0.133. The molecule has 0 bridgehead atoms. The van der Waals surface area contributed by atoms with Gasteiger partial charge in [-0.25, -0.2) is 18.2 Å². The number of rotatable bonds is 5. The van der Waals surface area contributed by atoms with Gasteiger partial charge >= 0.3 is 0 Å². The third-order valence-electron chi connectivity index (χ3n) is 2.80. The van der Waals surface area contributed by atoms with Crippen molar-refractivity contribution in [1.29, 1.82) is 0 Å². The van der Waals surface area contributed by atoms with Gasteiger partial charge in [0.05, 0.1) is 18.0 Å². The van der Waals surface area contributed by atoms with Crippen molar-refractivity contribution in [2.75, 3.05) is 5.75 Å². The SMILES string of the molecule is Cc1cc(Cn2cc(CCS(N)(=O)=O)nn2)ccc1Cl. The van der Waals surface area contributed by atoms with Crippen LogP contribution in [0.25, 0.3) is 0 Å². The molecule has 6 nitrogen and oxygen atoms in total. The minimum atomic E-state index is -3.47. The van der Waals surface area contributed by atoms with Crippen LogP contribution in [0, 0.1) is 6.92 Å². The van der Waals surface area contributed by atoms with Crippen LogP contribution in [0.15, 0.2) is 24.4 Å². The molecule has 2 aromatic rings. The molecule has 0 fully saturated rings. The third kappa shape index (κ3) is 4.29. The first-order chi connectivity index (χ1) is 9.33. The molecule has 2 N–H and O–H groups in total. The second kappa shape index (κ2) is 5.90. The molecule has 20 heavy (non-hydrogen) atoms. The summed E-state index contributed by atoms with van der Waals surface area (Å²) in [4.78, 5) is 0. The Morgan fingerprint density at radius 1 is 1.40 bits per heavy atom. The van der Waals surface area contributed by atoms with E-state index in [9.17, 15) is 8.42 Å². The van der Waals surface area contributed by atoms with Crippen molar-refractivity contribution in [3.8, 4) is 0 Å². The molecule has 0 spiro atoms. The Morgan fingerprint density at radius 2 is 2.15 bits per heavy atom. The minimum absolute atomic E-state index is 0.133. The Morgan fingerprint density at radius 3 is 2.80 bits per heavy atom. The number of aromatic nitrogens is 3. The van der Waals surface area contributed by atoms with E-state index in [4.69, 9.17) is 16.7 Å². The molecule has 0 aliphatic heterocycles. The second-order valence-electron chi connectivity index (χ2n) is 4.61. The molecule has 8 heteroatoms. The van der Waals surface area contributed by atoms with Gasteiger partial charge in [-0.05, 0) is 24.1 Å². The van der Waals surface area contributed by atoms with Crippen LogP contribution in [0.2, 0.25) is 5.02 Å². The first-order valence-corrected chi connectivity index (χ1v) is 8.07. The van der Waals surface area contributed by atoms with Gasteiger partial charge in [0.2, 0.25) is 10.0 Å². The molecule has 0 atom stereocenters. The lowest BCUT2D eigenvalue weighted by molar-refractivity contribution is 0.596. The molecular weight excluding hydrogens is 300 g/mol. The van der Waals surface area contributed by atoms with Gasteiger partial charge in [0.15, 0.2) is 0 Å². The van der Waals surface area contributed by atoms with Crippen molar-refractivity contribution in [2.45, 2.75) is 19.9 Å². The molecule has 2 rings (SSSR count). The predicted octanol–water partition coefficient (Wildman–Crippen LogP) is 1.12. The number of primary sulfonamides is 1. The molecule has 0 saturated carbocycles. The fourth-order valence-corrected chi connectivity index (χ4v) is 2.38. The summed E-state index contributed by atoms with van der Waals surface area (Å²) in [6, 6.07) is 5.74. The highest BCUT2D eigenvalue weighted by Crippen LogP contribution is 2.16. The molecule has 0 aliphatic rings. The van der Waals surface area contributed by atoms with E-state index in [1.807, 2.05) is 25.1 Å². The molecule has 1 aromatic heterocycles. The Labute approximate surface area is 122 Å². The number of aryl methyl sites for hydroxylation is 2. The van der Waals surface area contributed by atoms with Gasteiger partial charge in [0.25, 0.3) is 0 Å². The van der Waals surface area contributed by atoms with E-state index in [1.54, 1.807) is 10.9 Å². The van der Waals surface area contributed by atoms with Gasteiger partial charge in [0.1, 0.15) is 0 Å². The van der Waals surface area contributed by atoms with Crippen LogP contribution >= 0.6 is 11.6 Å². The highest BCUT2D eigenvalue weighted by atomic mass is 35.5. The largest absolute Gasteiger partial charge is 0.248 e. The van der Waals surface area contributed by atoms with Crippen LogP contribution in [0.1, 0.15) is 16.8 Å². The van der Waals surface area contributed by atoms with Crippen LogP contribution in [0.5, 0.6) is 0 Å². The zero-order chi connectivity index (χ0) is 14.8. The van der Waals surface area contributed by atoms with E-state index in [1.165, 1.54) is 0 Å². The molecular formula is C12H15ClN4O2S. The summed E-state index contributed by atoms with van der Waals surface area (Å²) in [7, 11) is -3.47. The first kappa shape index (κ1) is 15.0. The van der Waals surface area contributed by atoms with Gasteiger partial charge in [-0.3, -0.25) is 0 Å². The third-order valence-corrected chi connectivity index (χ3v) is 3.99. The standard InChI is InChI=1S/C12H15ClN4O2S/c1-9-6-10(2-3-12(9)13)7-17-8-11(15-16-17)4-5-20(14,18)19/h2-3,6,8H,4-5,7H2,1H3,(H2,14,18,19). The smallest absolute Gasteiger partial charge is 0.209 e. The maximum absolute atomic E-state index is 10.9. The summed E-state index contributed by atoms with van der Waals surface area (Å²) in [6.45, 7) is 2.49. The lowest BCUT2D eigenvalue weighted by atomic mass is 10.1. The molecule has 0 saturated heterocycles. The van der Waals surface area contributed by atoms with Gasteiger partial charge in [0, 0.05) is 17.6 Å². The summed E-state index contributed by atoms with van der Waals surface area (Å²) in [5, 5.41) is 13.6. The Kier molecular flexibility index (Phi) is 4.42. The molecule has 0 radical (unpaired) electrons. The fourth-order valence-electron chi connectivity index (χ4n) is 1.77. The second-order valence-corrected chi connectivity index (χ2v) is 6.75. The number of halogens is 1. The fraction of sp³-hybridized carbons (Fsp3) is 0.333. The van der Waals surface area contributed by atoms with E-state index >= 15 is 0 Å². The lowest BCUT2D eigenvalue weighted by Crippen LogP contribution is -2.18. The molecule has 1 heterocycles. The summed E-state index contributed by atoms with van der Waals surface area (Å²) in [6.07, 6.45) is 1.98. The van der Waals surface area contributed by atoms with Crippen molar-refractivity contribution < 1.29 is 8.42 Å². The van der Waals surface area contributed by atoms with Gasteiger partial charge in [-0.15, -0.1) is 5.10 Å². The summed E-state index contributed by atoms with van der Waals surface area (Å²) < 4.78 is 23.4. The van der Waals surface area contributed by atoms with Crippen LogP contribution in [0.4, 0.5) is 0 Å². The van der Waals surface area contributed by atoms with Crippen LogP contribution in [0.3, 0.4) is 0 Å². The monoisotopic (exact) mass is 314 g/mol. The zero-order valence-corrected chi connectivity index (χ0v) is 12.5. The summed E-state index contributed by atoms with van der Waals surface area (Å²) >= 11 is 5.97. The maximum atomic E-state index is 10.9. The minimum Gasteiger partial charge on any atom is -0.248 e. The Bertz CT molecular complexity index is 712. The van der Waals surface area contributed by atoms with Crippen molar-refractivity contribution in [1.82, 2.24) is 15.0 Å². The summed E-state index contributed by atoms with van der Waals surface area (Å²) in [5.41, 5.74) is 2.65. The van der Waals surface area contributed by atoms with E-state index < -0.39 is 10.0 Å². The van der Waals surface area contributed by atoms with Gasteiger partial charge in [-0.1, -0.05) is 28.9 Å². The van der Waals surface area contributed by atoms with E-state index in [2.05, 4.69) is 10.3 Å². The highest BCUT2D eigenvalue weighted by molar-refractivity contribution is 7.89. The van der Waals surface area contributed by atoms with Crippen LogP contribution < -0.4 is 5.14 Å². The van der Waals surface area contributed by atoms with Crippen molar-refractivity contribution in [2.24, 2.45) is 5.14 Å². The Balaban J connectivity index is 2.04. The molecule has 0 aliphatic carbocycles. The van der Waals surface area contributed by atoms with E-state index in [0.717, 1.165) is 16.1 Å². The maximum Gasteiger partial charge on any atom is 0.209 e. The highest BCUT2D eigenvalue weighted by Gasteiger charge is 2.07. The lowest BCUT2D eigenvalue weighted by Gasteiger charge is -2.03. The number of benzene rings is 1. The van der Waals surface area contributed by atoms with E-state index in [-0.39, 0.29) is 12.2 Å². The number of nitrogens with two attached hydrogens (primary N) is 1. The molecule has 0 unspecified atom stereocenters. The van der Waals surface area contributed by atoms with Crippen LogP contribution in [-0.2, 0) is 23.0 Å².